The van der Waals surface area contributed by atoms with Crippen LogP contribution in [0.2, 0.25) is 0 Å². The van der Waals surface area contributed by atoms with Crippen molar-refractivity contribution >= 4 is 16.1 Å². The highest BCUT2D eigenvalue weighted by Gasteiger charge is 2.26. The molecule has 0 saturated carbocycles. The summed E-state index contributed by atoms with van der Waals surface area (Å²) in [5.74, 6) is 0. The fraction of sp³-hybridized carbons (Fsp3) is 0.769. The molecule has 0 saturated heterocycles. The minimum absolute atomic E-state index is 0.185. The van der Waals surface area contributed by atoms with E-state index in [1.807, 2.05) is 0 Å². The molecule has 0 amide bonds. The Bertz CT molecular complexity index is 666. The average molecular weight is 487 g/mol. The van der Waals surface area contributed by atoms with Crippen LogP contribution in [-0.2, 0) is 14.6 Å². The van der Waals surface area contributed by atoms with Crippen LogP contribution in [0, 0.1) is 0 Å². The van der Waals surface area contributed by atoms with Gasteiger partial charge in [-0.15, -0.1) is 0 Å². The van der Waals surface area contributed by atoms with Crippen molar-refractivity contribution in [2.45, 2.75) is 109 Å². The Morgan fingerprint density at radius 3 is 1.55 bits per heavy atom. The molecule has 1 atom stereocenters. The molecule has 0 radical (unpaired) electrons. The van der Waals surface area contributed by atoms with E-state index >= 15 is 0 Å². The molecule has 0 fully saturated rings. The van der Waals surface area contributed by atoms with Gasteiger partial charge in [-0.25, -0.2) is 8.42 Å². The third-order valence-electron chi connectivity index (χ3n) is 6.31. The van der Waals surface area contributed by atoms with E-state index in [2.05, 4.69) is 55.5 Å². The van der Waals surface area contributed by atoms with Crippen LogP contribution in [0.3, 0.4) is 0 Å². The summed E-state index contributed by atoms with van der Waals surface area (Å²) in [6.07, 6.45) is 21.0. The lowest BCUT2D eigenvalue weighted by Crippen LogP contribution is -2.55. The number of rotatable bonds is 18. The highest BCUT2D eigenvalue weighted by Crippen LogP contribution is 2.22. The number of nitrogens with two attached hydrogens (primary N) is 1. The van der Waals surface area contributed by atoms with E-state index < -0.39 is 10.4 Å². The largest absolute Gasteiger partial charge is 0.726 e. The van der Waals surface area contributed by atoms with Crippen molar-refractivity contribution in [2.75, 3.05) is 21.2 Å². The third-order valence-corrected chi connectivity index (χ3v) is 6.72. The quantitative estimate of drug-likeness (QED) is 0.0840. The summed E-state index contributed by atoms with van der Waals surface area (Å²) in [5.41, 5.74) is 7.80. The standard InChI is InChI=1S/C25H47N2.CH4O4S/c1-4-5-6-7-8-9-10-11-12-13-14-15-16-20-23-25(26)27(2,3)24-21-18-17-19-22-24;1-5-6(2,3)4/h17-19,21-22,25H,4-16,20,23,26H2,1-3H3;1H3,(H,2,3,4)/q+1;/p-1. The molecule has 2 N–H and O–H groups in total. The lowest BCUT2D eigenvalue weighted by molar-refractivity contribution is 0.276. The molecular formula is C26H50N2O4S. The SMILES string of the molecule is CCCCCCCCCCCCCCCCC(N)[N+](C)(C)c1ccccc1.COS(=O)(=O)[O-]. The van der Waals surface area contributed by atoms with Gasteiger partial charge in [-0.1, -0.05) is 109 Å². The number of para-hydroxylation sites is 1. The Balaban J connectivity index is 0.00000150. The molecule has 0 aliphatic carbocycles. The highest BCUT2D eigenvalue weighted by molar-refractivity contribution is 7.80. The van der Waals surface area contributed by atoms with Gasteiger partial charge in [0.2, 0.25) is 10.4 Å². The monoisotopic (exact) mass is 486 g/mol. The number of hydrogen-bond donors (Lipinski definition) is 1. The van der Waals surface area contributed by atoms with Crippen LogP contribution in [0.15, 0.2) is 30.3 Å². The molecule has 1 rings (SSSR count). The second kappa shape index (κ2) is 19.3. The molecule has 0 heterocycles. The molecular weight excluding hydrogens is 436 g/mol. The zero-order valence-corrected chi connectivity index (χ0v) is 22.5. The molecule has 6 nitrogen and oxygen atoms in total. The molecule has 194 valence electrons. The van der Waals surface area contributed by atoms with Crippen molar-refractivity contribution in [3.05, 3.63) is 30.3 Å². The summed E-state index contributed by atoms with van der Waals surface area (Å²) in [5, 5.41) is 0. The second-order valence-corrected chi connectivity index (χ2v) is 10.6. The van der Waals surface area contributed by atoms with E-state index in [-0.39, 0.29) is 6.17 Å². The maximum absolute atomic E-state index is 9.22. The molecule has 33 heavy (non-hydrogen) atoms. The number of hydrogen-bond acceptors (Lipinski definition) is 5. The first kappa shape index (κ1) is 32.0. The molecule has 0 aromatic heterocycles. The van der Waals surface area contributed by atoms with Gasteiger partial charge >= 0.3 is 0 Å². The van der Waals surface area contributed by atoms with Crippen LogP contribution in [0.5, 0.6) is 0 Å². The summed E-state index contributed by atoms with van der Waals surface area (Å²) in [6, 6.07) is 10.7. The Hall–Kier alpha value is -0.990. The van der Waals surface area contributed by atoms with Crippen LogP contribution in [0.25, 0.3) is 0 Å². The fourth-order valence-corrected chi connectivity index (χ4v) is 3.87. The van der Waals surface area contributed by atoms with E-state index in [9.17, 15) is 13.0 Å². The Morgan fingerprint density at radius 1 is 0.818 bits per heavy atom. The van der Waals surface area contributed by atoms with Crippen molar-refractivity contribution in [1.82, 2.24) is 4.48 Å². The lowest BCUT2D eigenvalue weighted by atomic mass is 10.0. The van der Waals surface area contributed by atoms with Crippen LogP contribution >= 0.6 is 0 Å². The lowest BCUT2D eigenvalue weighted by Gasteiger charge is -2.35. The summed E-state index contributed by atoms with van der Waals surface area (Å²) in [7, 11) is 0.848. The van der Waals surface area contributed by atoms with E-state index in [4.69, 9.17) is 5.73 Å². The second-order valence-electron chi connectivity index (χ2n) is 9.40. The Labute approximate surface area is 204 Å². The summed E-state index contributed by atoms with van der Waals surface area (Å²) >= 11 is 0. The van der Waals surface area contributed by atoms with Gasteiger partial charge in [-0.2, -0.15) is 0 Å². The Morgan fingerprint density at radius 2 is 1.18 bits per heavy atom. The third kappa shape index (κ3) is 18.1. The smallest absolute Gasteiger partial charge is 0.217 e. The van der Waals surface area contributed by atoms with Gasteiger partial charge in [0.1, 0.15) is 11.9 Å². The van der Waals surface area contributed by atoms with Gasteiger partial charge < -0.3 is 4.55 Å². The van der Waals surface area contributed by atoms with Gasteiger partial charge in [-0.05, 0) is 18.6 Å². The summed E-state index contributed by atoms with van der Waals surface area (Å²) < 4.78 is 31.8. The van der Waals surface area contributed by atoms with E-state index in [0.29, 0.717) is 0 Å². The van der Waals surface area contributed by atoms with Crippen molar-refractivity contribution in [3.8, 4) is 0 Å². The van der Waals surface area contributed by atoms with Crippen LogP contribution in [-0.4, -0.2) is 40.3 Å². The Kier molecular flexibility index (Phi) is 18.8. The van der Waals surface area contributed by atoms with Crippen molar-refractivity contribution in [3.63, 3.8) is 0 Å². The molecule has 7 heteroatoms. The summed E-state index contributed by atoms with van der Waals surface area (Å²) in [4.78, 5) is 0. The minimum Gasteiger partial charge on any atom is -0.726 e. The van der Waals surface area contributed by atoms with E-state index in [1.165, 1.54) is 95.6 Å². The van der Waals surface area contributed by atoms with E-state index in [0.717, 1.165) is 18.0 Å². The number of quaternary nitrogens is 1. The topological polar surface area (TPSA) is 92.5 Å². The molecule has 0 spiro atoms. The molecule has 0 aliphatic rings. The maximum atomic E-state index is 9.22. The van der Waals surface area contributed by atoms with Crippen molar-refractivity contribution < 1.29 is 17.2 Å². The first-order chi connectivity index (χ1) is 15.6. The normalized spacial score (nSPS) is 12.8. The van der Waals surface area contributed by atoms with E-state index in [1.54, 1.807) is 0 Å². The zero-order chi connectivity index (χ0) is 25.0. The van der Waals surface area contributed by atoms with Crippen molar-refractivity contribution in [1.29, 1.82) is 0 Å². The van der Waals surface area contributed by atoms with Gasteiger partial charge in [0, 0.05) is 6.42 Å². The minimum atomic E-state index is -4.41. The molecule has 1 aromatic rings. The van der Waals surface area contributed by atoms with Gasteiger partial charge in [0.15, 0.2) is 0 Å². The van der Waals surface area contributed by atoms with Gasteiger partial charge in [-0.3, -0.25) is 14.4 Å². The summed E-state index contributed by atoms with van der Waals surface area (Å²) in [6.45, 7) is 2.29. The molecule has 1 unspecified atom stereocenters. The zero-order valence-electron chi connectivity index (χ0n) is 21.6. The van der Waals surface area contributed by atoms with Gasteiger partial charge in [0.05, 0.1) is 21.2 Å². The molecule has 0 bridgehead atoms. The van der Waals surface area contributed by atoms with Crippen LogP contribution in [0.1, 0.15) is 103 Å². The first-order valence-electron chi connectivity index (χ1n) is 12.8. The maximum Gasteiger partial charge on any atom is 0.217 e. The van der Waals surface area contributed by atoms with Gasteiger partial charge in [0.25, 0.3) is 0 Å². The van der Waals surface area contributed by atoms with Crippen LogP contribution < -0.4 is 10.2 Å². The van der Waals surface area contributed by atoms with Crippen molar-refractivity contribution in [2.24, 2.45) is 5.73 Å². The average Bonchev–Trinajstić information content (AvgIpc) is 2.79. The predicted molar refractivity (Wildman–Crippen MR) is 140 cm³/mol. The fourth-order valence-electron chi connectivity index (χ4n) is 3.87. The molecule has 0 aliphatic heterocycles. The number of benzene rings is 1. The highest BCUT2D eigenvalue weighted by atomic mass is 32.3. The molecule has 1 aromatic carbocycles. The number of unbranched alkanes of at least 4 members (excludes halogenated alkanes) is 13. The first-order valence-corrected chi connectivity index (χ1v) is 14.1. The van der Waals surface area contributed by atoms with Crippen LogP contribution in [0.4, 0.5) is 5.69 Å². The predicted octanol–water partition coefficient (Wildman–Crippen LogP) is 6.50. The number of nitrogens with zero attached hydrogens (tertiary/aromatic N) is 1.